The summed E-state index contributed by atoms with van der Waals surface area (Å²) in [5.41, 5.74) is 0. The molecular weight excluding hydrogens is 198 g/mol. The number of nitriles is 1. The Morgan fingerprint density at radius 3 is 2.19 bits per heavy atom. The molecule has 0 heterocycles. The van der Waals surface area contributed by atoms with Gasteiger partial charge in [0.2, 0.25) is 0 Å². The van der Waals surface area contributed by atoms with Crippen molar-refractivity contribution >= 4 is 0 Å². The standard InChI is InChI=1S/C14H25NO/c1-2-3-4-5-6-7-8-9-10-13-16-14-11-12-15/h2H,1,3-11,13-14H2. The molecule has 0 aromatic heterocycles. The van der Waals surface area contributed by atoms with Crippen molar-refractivity contribution in [1.29, 1.82) is 5.26 Å². The lowest BCUT2D eigenvalue weighted by atomic mass is 10.1. The summed E-state index contributed by atoms with van der Waals surface area (Å²) in [7, 11) is 0. The van der Waals surface area contributed by atoms with E-state index in [1.165, 1.54) is 38.5 Å². The van der Waals surface area contributed by atoms with E-state index >= 15 is 0 Å². The molecule has 0 saturated heterocycles. The van der Waals surface area contributed by atoms with Gasteiger partial charge in [-0.25, -0.2) is 0 Å². The van der Waals surface area contributed by atoms with Gasteiger partial charge >= 0.3 is 0 Å². The molecule has 0 aliphatic rings. The van der Waals surface area contributed by atoms with Gasteiger partial charge in [0.25, 0.3) is 0 Å². The smallest absolute Gasteiger partial charge is 0.0645 e. The fraction of sp³-hybridized carbons (Fsp3) is 0.786. The summed E-state index contributed by atoms with van der Waals surface area (Å²) in [6.45, 7) is 5.13. The van der Waals surface area contributed by atoms with Crippen molar-refractivity contribution in [1.82, 2.24) is 0 Å². The molecule has 0 aromatic rings. The maximum Gasteiger partial charge on any atom is 0.0645 e. The molecule has 0 N–H and O–H groups in total. The van der Waals surface area contributed by atoms with Crippen LogP contribution in [0.2, 0.25) is 0 Å². The summed E-state index contributed by atoms with van der Waals surface area (Å²) in [6, 6.07) is 2.07. The van der Waals surface area contributed by atoms with E-state index in [9.17, 15) is 0 Å². The zero-order valence-electron chi connectivity index (χ0n) is 10.4. The van der Waals surface area contributed by atoms with Gasteiger partial charge < -0.3 is 4.74 Å². The number of hydrogen-bond donors (Lipinski definition) is 0. The highest BCUT2D eigenvalue weighted by Crippen LogP contribution is 2.08. The molecule has 0 aromatic carbocycles. The van der Waals surface area contributed by atoms with Gasteiger partial charge in [0.05, 0.1) is 19.1 Å². The van der Waals surface area contributed by atoms with E-state index in [0.717, 1.165) is 19.4 Å². The van der Waals surface area contributed by atoms with Gasteiger partial charge in [0.15, 0.2) is 0 Å². The lowest BCUT2D eigenvalue weighted by molar-refractivity contribution is 0.135. The van der Waals surface area contributed by atoms with Crippen molar-refractivity contribution < 1.29 is 4.74 Å². The van der Waals surface area contributed by atoms with E-state index in [1.54, 1.807) is 0 Å². The van der Waals surface area contributed by atoms with Gasteiger partial charge in [-0.15, -0.1) is 6.58 Å². The van der Waals surface area contributed by atoms with E-state index in [2.05, 4.69) is 12.6 Å². The van der Waals surface area contributed by atoms with Crippen molar-refractivity contribution in [3.05, 3.63) is 12.7 Å². The van der Waals surface area contributed by atoms with Crippen LogP contribution >= 0.6 is 0 Å². The van der Waals surface area contributed by atoms with Crippen LogP contribution in [0, 0.1) is 11.3 Å². The van der Waals surface area contributed by atoms with Gasteiger partial charge in [-0.05, 0) is 19.3 Å². The monoisotopic (exact) mass is 223 g/mol. The predicted octanol–water partition coefficient (Wildman–Crippen LogP) is 4.22. The first-order valence-electron chi connectivity index (χ1n) is 6.47. The minimum atomic E-state index is 0.517. The van der Waals surface area contributed by atoms with E-state index in [0.29, 0.717) is 13.0 Å². The summed E-state index contributed by atoms with van der Waals surface area (Å²) in [6.07, 6.45) is 12.7. The van der Waals surface area contributed by atoms with Crippen LogP contribution in [0.4, 0.5) is 0 Å². The number of hydrogen-bond acceptors (Lipinski definition) is 2. The van der Waals surface area contributed by atoms with Crippen molar-refractivity contribution in [3.8, 4) is 6.07 Å². The molecule has 0 saturated carbocycles. The molecule has 0 fully saturated rings. The zero-order chi connectivity index (χ0) is 11.9. The lowest BCUT2D eigenvalue weighted by Gasteiger charge is -2.02. The molecule has 0 spiro atoms. The largest absolute Gasteiger partial charge is 0.380 e. The van der Waals surface area contributed by atoms with Crippen molar-refractivity contribution in [2.75, 3.05) is 13.2 Å². The number of unbranched alkanes of at least 4 members (excludes halogenated alkanes) is 7. The van der Waals surface area contributed by atoms with Gasteiger partial charge in [-0.1, -0.05) is 38.2 Å². The average molecular weight is 223 g/mol. The highest BCUT2D eigenvalue weighted by molar-refractivity contribution is 4.67. The molecule has 0 aliphatic heterocycles. The number of nitrogens with zero attached hydrogens (tertiary/aromatic N) is 1. The van der Waals surface area contributed by atoms with Crippen molar-refractivity contribution in [2.24, 2.45) is 0 Å². The van der Waals surface area contributed by atoms with Gasteiger partial charge in [0.1, 0.15) is 0 Å². The third-order valence-corrected chi connectivity index (χ3v) is 2.56. The second-order valence-corrected chi connectivity index (χ2v) is 4.07. The molecule has 0 atom stereocenters. The van der Waals surface area contributed by atoms with Crippen LogP contribution in [0.15, 0.2) is 12.7 Å². The Balaban J connectivity index is 2.88. The van der Waals surface area contributed by atoms with E-state index in [1.807, 2.05) is 6.08 Å². The van der Waals surface area contributed by atoms with E-state index in [-0.39, 0.29) is 0 Å². The molecule has 0 amide bonds. The van der Waals surface area contributed by atoms with Crippen LogP contribution in [0.3, 0.4) is 0 Å². The Morgan fingerprint density at radius 2 is 1.56 bits per heavy atom. The molecule has 2 heteroatoms. The maximum absolute atomic E-state index is 8.29. The minimum Gasteiger partial charge on any atom is -0.380 e. The zero-order valence-corrected chi connectivity index (χ0v) is 10.4. The molecule has 0 aliphatic carbocycles. The topological polar surface area (TPSA) is 33.0 Å². The highest BCUT2D eigenvalue weighted by Gasteiger charge is 1.92. The Kier molecular flexibility index (Phi) is 13.5. The Morgan fingerprint density at radius 1 is 0.938 bits per heavy atom. The van der Waals surface area contributed by atoms with Crippen LogP contribution in [0.5, 0.6) is 0 Å². The second kappa shape index (κ2) is 14.2. The first kappa shape index (κ1) is 15.2. The number of allylic oxidation sites excluding steroid dienone is 1. The van der Waals surface area contributed by atoms with Crippen LogP contribution < -0.4 is 0 Å². The summed E-state index contributed by atoms with van der Waals surface area (Å²) in [5.74, 6) is 0. The molecule has 2 nitrogen and oxygen atoms in total. The fourth-order valence-electron chi connectivity index (χ4n) is 1.60. The molecule has 0 bridgehead atoms. The van der Waals surface area contributed by atoms with Crippen LogP contribution in [-0.2, 0) is 4.74 Å². The Hall–Kier alpha value is -0.810. The third kappa shape index (κ3) is 13.2. The summed E-state index contributed by atoms with van der Waals surface area (Å²) in [4.78, 5) is 0. The molecule has 16 heavy (non-hydrogen) atoms. The quantitative estimate of drug-likeness (QED) is 0.366. The van der Waals surface area contributed by atoms with Crippen molar-refractivity contribution in [2.45, 2.75) is 57.8 Å². The molecular formula is C14H25NO. The average Bonchev–Trinajstić information content (AvgIpc) is 2.31. The van der Waals surface area contributed by atoms with E-state index in [4.69, 9.17) is 10.00 Å². The van der Waals surface area contributed by atoms with Gasteiger partial charge in [-0.2, -0.15) is 5.26 Å². The first-order chi connectivity index (χ1) is 7.91. The predicted molar refractivity (Wildman–Crippen MR) is 68.2 cm³/mol. The fourth-order valence-corrected chi connectivity index (χ4v) is 1.60. The summed E-state index contributed by atoms with van der Waals surface area (Å²) >= 11 is 0. The third-order valence-electron chi connectivity index (χ3n) is 2.56. The lowest BCUT2D eigenvalue weighted by Crippen LogP contribution is -1.95. The highest BCUT2D eigenvalue weighted by atomic mass is 16.5. The van der Waals surface area contributed by atoms with Gasteiger partial charge in [0, 0.05) is 6.61 Å². The Bertz CT molecular complexity index is 184. The second-order valence-electron chi connectivity index (χ2n) is 4.07. The van der Waals surface area contributed by atoms with Crippen LogP contribution in [-0.4, -0.2) is 13.2 Å². The summed E-state index contributed by atoms with van der Waals surface area (Å²) < 4.78 is 5.30. The maximum atomic E-state index is 8.29. The number of ether oxygens (including phenoxy) is 1. The first-order valence-corrected chi connectivity index (χ1v) is 6.47. The SMILES string of the molecule is C=CCCCCCCCCCOCCC#N. The van der Waals surface area contributed by atoms with Crippen molar-refractivity contribution in [3.63, 3.8) is 0 Å². The minimum absolute atomic E-state index is 0.517. The van der Waals surface area contributed by atoms with Gasteiger partial charge in [-0.3, -0.25) is 0 Å². The summed E-state index contributed by atoms with van der Waals surface area (Å²) in [5, 5.41) is 8.29. The van der Waals surface area contributed by atoms with Crippen LogP contribution in [0.1, 0.15) is 57.8 Å². The molecule has 0 rings (SSSR count). The normalized spacial score (nSPS) is 9.94. The molecule has 0 unspecified atom stereocenters. The van der Waals surface area contributed by atoms with E-state index < -0.39 is 0 Å². The Labute approximate surface area is 100 Å². The molecule has 92 valence electrons. The number of rotatable bonds is 12. The van der Waals surface area contributed by atoms with Crippen LogP contribution in [0.25, 0.3) is 0 Å². The molecule has 0 radical (unpaired) electrons.